The molecule has 1 radical (unpaired) electrons. The first-order valence-corrected chi connectivity index (χ1v) is 10.9. The minimum atomic E-state index is 0.143. The maximum atomic E-state index is 11.2. The Labute approximate surface area is 162 Å². The molecule has 1 fully saturated rings. The van der Waals surface area contributed by atoms with Crippen LogP contribution in [0, 0.1) is 12.0 Å². The zero-order valence-corrected chi connectivity index (χ0v) is 16.4. The number of hydrogen-bond acceptors (Lipinski definition) is 4. The average molecular weight is 382 g/mol. The molecule has 0 saturated heterocycles. The summed E-state index contributed by atoms with van der Waals surface area (Å²) in [4.78, 5) is 12.5. The molecule has 133 valence electrons. The van der Waals surface area contributed by atoms with E-state index < -0.39 is 0 Å². The van der Waals surface area contributed by atoms with Crippen molar-refractivity contribution in [2.75, 3.05) is 0 Å². The van der Waals surface area contributed by atoms with Crippen LogP contribution in [-0.4, -0.2) is 14.9 Å². The third kappa shape index (κ3) is 4.51. The molecule has 0 N–H and O–H groups in total. The van der Waals surface area contributed by atoms with Gasteiger partial charge >= 0.3 is 0 Å². The summed E-state index contributed by atoms with van der Waals surface area (Å²) in [5.74, 6) is 2.33. The molecule has 4 rings (SSSR count). The minimum absolute atomic E-state index is 0.143. The van der Waals surface area contributed by atoms with Crippen LogP contribution in [-0.2, 0) is 22.8 Å². The lowest BCUT2D eigenvalue weighted by Gasteiger charge is -2.07. The standard InChI is InChI=1S/C21H21N2OS2/c1-15(24)25-13-19-11-20(23(22-19)12-16-6-7-16)14-26-21-9-8-17-4-2-3-5-18(17)10-21/h2-5,9-11,16H,6-7,12-14H2,1H3. The lowest BCUT2D eigenvalue weighted by Crippen LogP contribution is -2.06. The highest BCUT2D eigenvalue weighted by Gasteiger charge is 2.23. The molecule has 1 aliphatic carbocycles. The zero-order valence-electron chi connectivity index (χ0n) is 14.8. The first kappa shape index (κ1) is 17.7. The van der Waals surface area contributed by atoms with Gasteiger partial charge in [0.05, 0.1) is 5.69 Å². The van der Waals surface area contributed by atoms with E-state index in [0.717, 1.165) is 29.3 Å². The second-order valence-corrected chi connectivity index (χ2v) is 8.95. The van der Waals surface area contributed by atoms with Gasteiger partial charge in [-0.05, 0) is 53.8 Å². The molecule has 0 aliphatic heterocycles. The molecule has 3 nitrogen and oxygen atoms in total. The summed E-state index contributed by atoms with van der Waals surface area (Å²) in [7, 11) is 0. The van der Waals surface area contributed by atoms with Gasteiger partial charge in [0, 0.05) is 35.6 Å². The number of hydrogen-bond donors (Lipinski definition) is 0. The van der Waals surface area contributed by atoms with E-state index in [1.165, 1.54) is 40.6 Å². The summed E-state index contributed by atoms with van der Waals surface area (Å²) in [6, 6.07) is 18.2. The Bertz CT molecular complexity index is 931. The largest absolute Gasteiger partial charge is 0.288 e. The quantitative estimate of drug-likeness (QED) is 0.519. The van der Waals surface area contributed by atoms with Crippen molar-refractivity contribution in [3.63, 3.8) is 0 Å². The molecule has 2 aromatic carbocycles. The van der Waals surface area contributed by atoms with Crippen LogP contribution in [0.1, 0.15) is 31.2 Å². The van der Waals surface area contributed by atoms with Crippen molar-refractivity contribution in [1.82, 2.24) is 9.78 Å². The van der Waals surface area contributed by atoms with E-state index in [2.05, 4.69) is 47.1 Å². The molecule has 0 bridgehead atoms. The molecule has 1 saturated carbocycles. The topological polar surface area (TPSA) is 34.9 Å². The van der Waals surface area contributed by atoms with Crippen molar-refractivity contribution in [3.8, 4) is 0 Å². The second-order valence-electron chi connectivity index (χ2n) is 6.74. The molecule has 3 aromatic rings. The van der Waals surface area contributed by atoms with Crippen LogP contribution in [0.5, 0.6) is 0 Å². The maximum Gasteiger partial charge on any atom is 0.186 e. The molecular formula is C21H21N2OS2. The number of benzene rings is 2. The Morgan fingerprint density at radius 3 is 2.92 bits per heavy atom. The number of thioether (sulfide) groups is 2. The predicted molar refractivity (Wildman–Crippen MR) is 109 cm³/mol. The van der Waals surface area contributed by atoms with E-state index in [9.17, 15) is 4.79 Å². The smallest absolute Gasteiger partial charge is 0.186 e. The Hall–Kier alpha value is -1.72. The summed E-state index contributed by atoms with van der Waals surface area (Å²) < 4.78 is 2.16. The van der Waals surface area contributed by atoms with Gasteiger partial charge in [-0.25, -0.2) is 0 Å². The fourth-order valence-corrected chi connectivity index (χ4v) is 4.31. The van der Waals surface area contributed by atoms with Crippen molar-refractivity contribution in [2.45, 2.75) is 42.7 Å². The summed E-state index contributed by atoms with van der Waals surface area (Å²) in [5, 5.41) is 7.27. The van der Waals surface area contributed by atoms with Crippen LogP contribution in [0.4, 0.5) is 0 Å². The van der Waals surface area contributed by atoms with E-state index in [-0.39, 0.29) is 5.12 Å². The van der Waals surface area contributed by atoms with Crippen molar-refractivity contribution < 1.29 is 4.79 Å². The van der Waals surface area contributed by atoms with Crippen LogP contribution in [0.2, 0.25) is 0 Å². The first-order chi connectivity index (χ1) is 12.7. The van der Waals surface area contributed by atoms with Crippen molar-refractivity contribution in [1.29, 1.82) is 0 Å². The zero-order chi connectivity index (χ0) is 17.9. The fraction of sp³-hybridized carbons (Fsp3) is 0.333. The summed E-state index contributed by atoms with van der Waals surface area (Å²) in [6.07, 6.45) is 2.62. The molecule has 1 aromatic heterocycles. The van der Waals surface area contributed by atoms with Crippen molar-refractivity contribution >= 4 is 39.4 Å². The predicted octanol–water partition coefficient (Wildman–Crippen LogP) is 5.32. The summed E-state index contributed by atoms with van der Waals surface area (Å²) in [6.45, 7) is 2.61. The SMILES string of the molecule is CC(=O)SCc1cc(CSc2c[c]c3ccccc3c2)n(CC2CC2)n1. The molecule has 5 heteroatoms. The Balaban J connectivity index is 1.48. The highest BCUT2D eigenvalue weighted by atomic mass is 32.2. The molecule has 0 atom stereocenters. The highest BCUT2D eigenvalue weighted by Crippen LogP contribution is 2.32. The van der Waals surface area contributed by atoms with Crippen LogP contribution in [0.3, 0.4) is 0 Å². The van der Waals surface area contributed by atoms with E-state index in [4.69, 9.17) is 5.10 Å². The van der Waals surface area contributed by atoms with Gasteiger partial charge in [0.1, 0.15) is 0 Å². The van der Waals surface area contributed by atoms with E-state index in [0.29, 0.717) is 5.75 Å². The van der Waals surface area contributed by atoms with Crippen molar-refractivity contribution in [2.24, 2.45) is 5.92 Å². The Morgan fingerprint density at radius 1 is 1.27 bits per heavy atom. The molecule has 0 spiro atoms. The van der Waals surface area contributed by atoms with E-state index >= 15 is 0 Å². The van der Waals surface area contributed by atoms with Gasteiger partial charge in [-0.1, -0.05) is 36.0 Å². The van der Waals surface area contributed by atoms with Crippen molar-refractivity contribution in [3.05, 3.63) is 59.9 Å². The molecule has 26 heavy (non-hydrogen) atoms. The van der Waals surface area contributed by atoms with Gasteiger partial charge in [0.2, 0.25) is 0 Å². The number of rotatable bonds is 7. The van der Waals surface area contributed by atoms with Gasteiger partial charge in [-0.15, -0.1) is 11.8 Å². The average Bonchev–Trinajstić information content (AvgIpc) is 3.37. The fourth-order valence-electron chi connectivity index (χ4n) is 2.92. The number of carbonyl (C=O) groups is 1. The molecule has 1 aliphatic rings. The summed E-state index contributed by atoms with van der Waals surface area (Å²) in [5.41, 5.74) is 2.25. The number of carbonyl (C=O) groups excluding carboxylic acids is 1. The Morgan fingerprint density at radius 2 is 2.12 bits per heavy atom. The van der Waals surface area contributed by atoms with Gasteiger partial charge in [0.15, 0.2) is 5.12 Å². The summed E-state index contributed by atoms with van der Waals surface area (Å²) >= 11 is 3.15. The number of fused-ring (bicyclic) bond motifs is 1. The number of aromatic nitrogens is 2. The van der Waals surface area contributed by atoms with E-state index in [1.54, 1.807) is 6.92 Å². The minimum Gasteiger partial charge on any atom is -0.288 e. The van der Waals surface area contributed by atoms with Crippen LogP contribution >= 0.6 is 23.5 Å². The maximum absolute atomic E-state index is 11.2. The molecule has 0 amide bonds. The highest BCUT2D eigenvalue weighted by molar-refractivity contribution is 8.12. The van der Waals surface area contributed by atoms with Gasteiger partial charge in [0.25, 0.3) is 0 Å². The monoisotopic (exact) mass is 381 g/mol. The van der Waals surface area contributed by atoms with Gasteiger partial charge in [-0.2, -0.15) is 5.10 Å². The Kier molecular flexibility index (Phi) is 5.36. The van der Waals surface area contributed by atoms with Gasteiger partial charge in [-0.3, -0.25) is 9.48 Å². The number of nitrogens with zero attached hydrogens (tertiary/aromatic N) is 2. The molecular weight excluding hydrogens is 360 g/mol. The lowest BCUT2D eigenvalue weighted by atomic mass is 10.1. The normalized spacial score (nSPS) is 14.0. The lowest BCUT2D eigenvalue weighted by molar-refractivity contribution is -0.109. The molecule has 1 heterocycles. The van der Waals surface area contributed by atoms with E-state index in [1.807, 2.05) is 17.8 Å². The first-order valence-electron chi connectivity index (χ1n) is 8.89. The van der Waals surface area contributed by atoms with Crippen LogP contribution in [0.25, 0.3) is 10.8 Å². The third-order valence-corrected chi connectivity index (χ3v) is 6.34. The van der Waals surface area contributed by atoms with Crippen LogP contribution < -0.4 is 0 Å². The second kappa shape index (κ2) is 7.89. The van der Waals surface area contributed by atoms with Crippen LogP contribution in [0.15, 0.2) is 47.4 Å². The van der Waals surface area contributed by atoms with Gasteiger partial charge < -0.3 is 0 Å². The third-order valence-electron chi connectivity index (χ3n) is 4.48. The molecule has 0 unspecified atom stereocenters.